The summed E-state index contributed by atoms with van der Waals surface area (Å²) < 4.78 is 33.1. The fourth-order valence-corrected chi connectivity index (χ4v) is 2.67. The summed E-state index contributed by atoms with van der Waals surface area (Å²) in [7, 11) is -0.748. The number of ether oxygens (including phenoxy) is 2. The van der Waals surface area contributed by atoms with Crippen LogP contribution >= 0.6 is 0 Å². The molecule has 100 valence electrons. The van der Waals surface area contributed by atoms with Gasteiger partial charge in [-0.15, -0.1) is 0 Å². The molecule has 0 aliphatic carbocycles. The third-order valence-electron chi connectivity index (χ3n) is 2.57. The van der Waals surface area contributed by atoms with Crippen molar-refractivity contribution in [1.29, 1.82) is 0 Å². The van der Waals surface area contributed by atoms with Gasteiger partial charge in [0.2, 0.25) is 0 Å². The van der Waals surface area contributed by atoms with Gasteiger partial charge >= 0.3 is 5.97 Å². The molecular formula is C12H16O5S. The van der Waals surface area contributed by atoms with Gasteiger partial charge in [-0.3, -0.25) is 0 Å². The van der Waals surface area contributed by atoms with Crippen LogP contribution in [0.2, 0.25) is 0 Å². The fourth-order valence-electron chi connectivity index (χ4n) is 1.66. The molecule has 0 spiro atoms. The Balaban J connectivity index is 3.59. The molecule has 0 saturated carbocycles. The van der Waals surface area contributed by atoms with E-state index in [0.717, 1.165) is 6.26 Å². The van der Waals surface area contributed by atoms with Crippen molar-refractivity contribution in [3.05, 3.63) is 23.3 Å². The third-order valence-corrected chi connectivity index (χ3v) is 3.75. The minimum atomic E-state index is -3.40. The van der Waals surface area contributed by atoms with Gasteiger partial charge in [0.1, 0.15) is 11.3 Å². The van der Waals surface area contributed by atoms with Crippen LogP contribution in [0.5, 0.6) is 5.75 Å². The zero-order valence-electron chi connectivity index (χ0n) is 10.8. The first kappa shape index (κ1) is 14.5. The number of hydrogen-bond acceptors (Lipinski definition) is 5. The van der Waals surface area contributed by atoms with Crippen molar-refractivity contribution in [1.82, 2.24) is 0 Å². The largest absolute Gasteiger partial charge is 0.496 e. The van der Waals surface area contributed by atoms with Crippen LogP contribution in [0.3, 0.4) is 0 Å². The Morgan fingerprint density at radius 2 is 1.89 bits per heavy atom. The predicted molar refractivity (Wildman–Crippen MR) is 66.8 cm³/mol. The maximum absolute atomic E-state index is 11.7. The molecule has 0 bridgehead atoms. The Bertz CT molecular complexity index is 560. The van der Waals surface area contributed by atoms with Gasteiger partial charge in [0.25, 0.3) is 0 Å². The van der Waals surface area contributed by atoms with E-state index in [9.17, 15) is 13.2 Å². The van der Waals surface area contributed by atoms with Crippen molar-refractivity contribution in [3.63, 3.8) is 0 Å². The van der Waals surface area contributed by atoms with Gasteiger partial charge in [-0.05, 0) is 24.1 Å². The molecule has 0 unspecified atom stereocenters. The van der Waals surface area contributed by atoms with Crippen molar-refractivity contribution in [2.45, 2.75) is 18.2 Å². The van der Waals surface area contributed by atoms with E-state index in [1.807, 2.05) is 6.92 Å². The second kappa shape index (κ2) is 5.39. The number of methoxy groups -OCH3 is 2. The lowest BCUT2D eigenvalue weighted by Crippen LogP contribution is -2.09. The summed E-state index contributed by atoms with van der Waals surface area (Å²) in [4.78, 5) is 11.7. The first-order valence-electron chi connectivity index (χ1n) is 5.34. The van der Waals surface area contributed by atoms with E-state index in [4.69, 9.17) is 4.74 Å². The highest BCUT2D eigenvalue weighted by Crippen LogP contribution is 2.27. The number of esters is 1. The molecule has 0 radical (unpaired) electrons. The zero-order chi connectivity index (χ0) is 13.9. The number of hydrogen-bond donors (Lipinski definition) is 0. The minimum Gasteiger partial charge on any atom is -0.496 e. The summed E-state index contributed by atoms with van der Waals surface area (Å²) in [6.45, 7) is 1.83. The van der Waals surface area contributed by atoms with E-state index in [0.29, 0.717) is 17.7 Å². The second-order valence-corrected chi connectivity index (χ2v) is 5.76. The van der Waals surface area contributed by atoms with Gasteiger partial charge in [0.05, 0.1) is 19.1 Å². The molecule has 0 aliphatic heterocycles. The molecule has 1 rings (SSSR count). The van der Waals surface area contributed by atoms with Crippen LogP contribution in [0.1, 0.15) is 22.8 Å². The molecule has 1 aromatic rings. The van der Waals surface area contributed by atoms with E-state index in [1.54, 1.807) is 6.07 Å². The SMILES string of the molecule is CCc1cc(OC)c(C(=O)OC)cc1S(C)(=O)=O. The van der Waals surface area contributed by atoms with Crippen LogP contribution in [0.25, 0.3) is 0 Å². The van der Waals surface area contributed by atoms with Crippen molar-refractivity contribution in [2.75, 3.05) is 20.5 Å². The fraction of sp³-hybridized carbons (Fsp3) is 0.417. The van der Waals surface area contributed by atoms with Crippen molar-refractivity contribution >= 4 is 15.8 Å². The predicted octanol–water partition coefficient (Wildman–Crippen LogP) is 1.45. The summed E-state index contributed by atoms with van der Waals surface area (Å²) in [5, 5.41) is 0. The number of benzene rings is 1. The molecule has 18 heavy (non-hydrogen) atoms. The molecular weight excluding hydrogens is 256 g/mol. The standard InChI is InChI=1S/C12H16O5S/c1-5-8-6-10(16-2)9(12(13)17-3)7-11(8)18(4,14)15/h6-7H,5H2,1-4H3. The summed E-state index contributed by atoms with van der Waals surface area (Å²) in [6.07, 6.45) is 1.63. The van der Waals surface area contributed by atoms with Gasteiger partial charge in [-0.2, -0.15) is 0 Å². The Kier molecular flexibility index (Phi) is 4.34. The van der Waals surface area contributed by atoms with Gasteiger partial charge in [-0.1, -0.05) is 6.92 Å². The highest BCUT2D eigenvalue weighted by Gasteiger charge is 2.20. The quantitative estimate of drug-likeness (QED) is 0.776. The lowest BCUT2D eigenvalue weighted by atomic mass is 10.1. The molecule has 0 aromatic heterocycles. The first-order valence-corrected chi connectivity index (χ1v) is 7.23. The van der Waals surface area contributed by atoms with E-state index < -0.39 is 15.8 Å². The third kappa shape index (κ3) is 2.81. The molecule has 0 aliphatic rings. The van der Waals surface area contributed by atoms with E-state index in [-0.39, 0.29) is 10.5 Å². The van der Waals surface area contributed by atoms with E-state index in [1.165, 1.54) is 20.3 Å². The van der Waals surface area contributed by atoms with Gasteiger partial charge < -0.3 is 9.47 Å². The first-order chi connectivity index (χ1) is 8.35. The Hall–Kier alpha value is -1.56. The highest BCUT2D eigenvalue weighted by atomic mass is 32.2. The average molecular weight is 272 g/mol. The molecule has 0 amide bonds. The van der Waals surface area contributed by atoms with Crippen molar-refractivity contribution in [3.8, 4) is 5.75 Å². The molecule has 0 heterocycles. The number of carbonyl (C=O) groups excluding carboxylic acids is 1. The van der Waals surface area contributed by atoms with Crippen LogP contribution in [-0.4, -0.2) is 34.9 Å². The lowest BCUT2D eigenvalue weighted by molar-refractivity contribution is 0.0596. The minimum absolute atomic E-state index is 0.109. The maximum Gasteiger partial charge on any atom is 0.341 e. The molecule has 0 atom stereocenters. The summed E-state index contributed by atoms with van der Waals surface area (Å²) in [5.74, 6) is -0.314. The molecule has 0 N–H and O–H groups in total. The Morgan fingerprint density at radius 3 is 2.28 bits per heavy atom. The van der Waals surface area contributed by atoms with E-state index in [2.05, 4.69) is 4.74 Å². The number of rotatable bonds is 4. The molecule has 0 saturated heterocycles. The molecule has 0 fully saturated rings. The number of aryl methyl sites for hydroxylation is 1. The van der Waals surface area contributed by atoms with Crippen molar-refractivity contribution in [2.24, 2.45) is 0 Å². The zero-order valence-corrected chi connectivity index (χ0v) is 11.6. The van der Waals surface area contributed by atoms with Crippen LogP contribution < -0.4 is 4.74 Å². The molecule has 1 aromatic carbocycles. The Labute approximate surface area is 107 Å². The second-order valence-electron chi connectivity index (χ2n) is 3.78. The Morgan fingerprint density at radius 1 is 1.28 bits per heavy atom. The average Bonchev–Trinajstić information content (AvgIpc) is 2.34. The van der Waals surface area contributed by atoms with Gasteiger partial charge in [0.15, 0.2) is 9.84 Å². The molecule has 5 nitrogen and oxygen atoms in total. The van der Waals surface area contributed by atoms with Crippen LogP contribution in [0.15, 0.2) is 17.0 Å². The van der Waals surface area contributed by atoms with Crippen LogP contribution in [0.4, 0.5) is 0 Å². The van der Waals surface area contributed by atoms with Crippen LogP contribution in [0, 0.1) is 0 Å². The molecule has 6 heteroatoms. The number of sulfone groups is 1. The number of carbonyl (C=O) groups is 1. The monoisotopic (exact) mass is 272 g/mol. The summed E-state index contributed by atoms with van der Waals surface area (Å²) in [6, 6.07) is 2.86. The van der Waals surface area contributed by atoms with Crippen LogP contribution in [-0.2, 0) is 21.0 Å². The summed E-state index contributed by atoms with van der Waals surface area (Å²) in [5.41, 5.74) is 0.722. The van der Waals surface area contributed by atoms with Gasteiger partial charge in [-0.25, -0.2) is 13.2 Å². The van der Waals surface area contributed by atoms with Gasteiger partial charge in [0, 0.05) is 6.26 Å². The smallest absolute Gasteiger partial charge is 0.341 e. The lowest BCUT2D eigenvalue weighted by Gasteiger charge is -2.12. The highest BCUT2D eigenvalue weighted by molar-refractivity contribution is 7.90. The maximum atomic E-state index is 11.7. The van der Waals surface area contributed by atoms with E-state index >= 15 is 0 Å². The van der Waals surface area contributed by atoms with Crippen molar-refractivity contribution < 1.29 is 22.7 Å². The topological polar surface area (TPSA) is 69.7 Å². The summed E-state index contributed by atoms with van der Waals surface area (Å²) >= 11 is 0. The normalized spacial score (nSPS) is 11.1.